The van der Waals surface area contributed by atoms with Gasteiger partial charge in [0.05, 0.1) is 23.7 Å². The molecule has 10 heteroatoms. The lowest BCUT2D eigenvalue weighted by molar-refractivity contribution is 0.630. The summed E-state index contributed by atoms with van der Waals surface area (Å²) in [5, 5.41) is 8.91. The third kappa shape index (κ3) is 3.62. The molecule has 0 amide bonds. The molecule has 0 bridgehead atoms. The Hall–Kier alpha value is -3.46. The van der Waals surface area contributed by atoms with Crippen LogP contribution in [0.4, 0.5) is 11.8 Å². The number of imidazole rings is 1. The van der Waals surface area contributed by atoms with Crippen LogP contribution in [-0.4, -0.2) is 47.6 Å². The van der Waals surface area contributed by atoms with Crippen molar-refractivity contribution in [3.63, 3.8) is 0 Å². The topological polar surface area (TPSA) is 104 Å². The fourth-order valence-electron chi connectivity index (χ4n) is 5.17. The third-order valence-corrected chi connectivity index (χ3v) is 7.16. The zero-order valence-corrected chi connectivity index (χ0v) is 19.0. The van der Waals surface area contributed by atoms with Crippen molar-refractivity contribution in [1.29, 1.82) is 0 Å². The summed E-state index contributed by atoms with van der Waals surface area (Å²) in [6.07, 6.45) is 8.22. The van der Waals surface area contributed by atoms with E-state index in [1.54, 1.807) is 12.4 Å². The molecule has 6 rings (SSSR count). The first kappa shape index (κ1) is 20.2. The van der Waals surface area contributed by atoms with Crippen LogP contribution in [0.3, 0.4) is 0 Å². The molecule has 0 radical (unpaired) electrons. The lowest BCUT2D eigenvalue weighted by Gasteiger charge is -2.24. The highest BCUT2D eigenvalue weighted by atomic mass is 35.5. The summed E-state index contributed by atoms with van der Waals surface area (Å²) in [5.41, 5.74) is 9.02. The van der Waals surface area contributed by atoms with Crippen molar-refractivity contribution in [2.45, 2.75) is 18.9 Å². The highest BCUT2D eigenvalue weighted by Crippen LogP contribution is 2.58. The summed E-state index contributed by atoms with van der Waals surface area (Å²) in [5.74, 6) is 4.05. The van der Waals surface area contributed by atoms with Crippen LogP contribution in [0.15, 0.2) is 49.1 Å². The normalized spacial score (nSPS) is 21.4. The molecule has 0 spiro atoms. The summed E-state index contributed by atoms with van der Waals surface area (Å²) in [7, 11) is 1.97. The predicted octanol–water partition coefficient (Wildman–Crippen LogP) is 2.80. The first-order chi connectivity index (χ1) is 16.1. The van der Waals surface area contributed by atoms with Crippen LogP contribution in [0, 0.1) is 11.8 Å². The average molecular weight is 462 g/mol. The van der Waals surface area contributed by atoms with Gasteiger partial charge in [0.1, 0.15) is 11.6 Å². The van der Waals surface area contributed by atoms with Gasteiger partial charge in [-0.2, -0.15) is 0 Å². The van der Waals surface area contributed by atoms with E-state index in [0.717, 1.165) is 48.3 Å². The number of benzene rings is 1. The third-order valence-electron chi connectivity index (χ3n) is 6.91. The van der Waals surface area contributed by atoms with E-state index in [4.69, 9.17) is 22.3 Å². The molecule has 2 N–H and O–H groups in total. The second-order valence-electron chi connectivity index (χ2n) is 8.84. The van der Waals surface area contributed by atoms with Gasteiger partial charge in [-0.25, -0.2) is 15.0 Å². The van der Waals surface area contributed by atoms with E-state index in [1.807, 2.05) is 36.3 Å². The zero-order chi connectivity index (χ0) is 22.5. The maximum absolute atomic E-state index is 6.06. The zero-order valence-electron chi connectivity index (χ0n) is 18.2. The number of halogens is 1. The number of aryl methyl sites for hydroxylation is 2. The average Bonchev–Trinajstić information content (AvgIpc) is 3.23. The molecule has 1 saturated carbocycles. The van der Waals surface area contributed by atoms with Crippen LogP contribution in [0.25, 0.3) is 11.4 Å². The molecule has 2 unspecified atom stereocenters. The van der Waals surface area contributed by atoms with Gasteiger partial charge < -0.3 is 15.2 Å². The van der Waals surface area contributed by atoms with Gasteiger partial charge in [-0.05, 0) is 36.0 Å². The summed E-state index contributed by atoms with van der Waals surface area (Å²) in [6, 6.07) is 8.01. The van der Waals surface area contributed by atoms with E-state index < -0.39 is 0 Å². The summed E-state index contributed by atoms with van der Waals surface area (Å²) >= 11 is 6.06. The highest BCUT2D eigenvalue weighted by Gasteiger charge is 2.58. The first-order valence-corrected chi connectivity index (χ1v) is 11.4. The number of nitrogens with zero attached hydrogens (tertiary/aromatic N) is 8. The molecule has 3 aromatic heterocycles. The van der Waals surface area contributed by atoms with E-state index in [-0.39, 0.29) is 5.95 Å². The van der Waals surface area contributed by atoms with E-state index in [0.29, 0.717) is 17.8 Å². The molecule has 2 fully saturated rings. The maximum Gasteiger partial charge on any atom is 0.219 e. The van der Waals surface area contributed by atoms with E-state index in [9.17, 15) is 0 Å². The molecule has 168 valence electrons. The van der Waals surface area contributed by atoms with Gasteiger partial charge in [0, 0.05) is 50.0 Å². The number of rotatable bonds is 6. The van der Waals surface area contributed by atoms with Crippen molar-refractivity contribution >= 4 is 23.4 Å². The Morgan fingerprint density at radius 2 is 1.73 bits per heavy atom. The summed E-state index contributed by atoms with van der Waals surface area (Å²) in [6.45, 7) is 2.80. The molecule has 1 aromatic carbocycles. The number of fused-ring (bicyclic) bond motifs is 1. The molecule has 1 aliphatic heterocycles. The molecule has 33 heavy (non-hydrogen) atoms. The number of nitrogen functional groups attached to an aromatic ring is 1. The number of anilines is 2. The highest BCUT2D eigenvalue weighted by molar-refractivity contribution is 6.30. The second-order valence-corrected chi connectivity index (χ2v) is 9.28. The quantitative estimate of drug-likeness (QED) is 0.470. The van der Waals surface area contributed by atoms with Crippen molar-refractivity contribution in [2.24, 2.45) is 18.9 Å². The van der Waals surface area contributed by atoms with Crippen LogP contribution < -0.4 is 10.6 Å². The molecule has 2 atom stereocenters. The minimum absolute atomic E-state index is 0.258. The fraction of sp³-hybridized carbons (Fsp3) is 0.348. The van der Waals surface area contributed by atoms with Crippen molar-refractivity contribution in [2.75, 3.05) is 23.7 Å². The van der Waals surface area contributed by atoms with Gasteiger partial charge in [0.2, 0.25) is 5.95 Å². The van der Waals surface area contributed by atoms with Gasteiger partial charge in [0.15, 0.2) is 0 Å². The molecule has 2 aliphatic rings. The number of nitrogens with two attached hydrogens (primary N) is 1. The Balaban J connectivity index is 1.26. The van der Waals surface area contributed by atoms with Gasteiger partial charge in [0.25, 0.3) is 0 Å². The number of hydrogen-bond acceptors (Lipinski definition) is 7. The Labute approximate surface area is 196 Å². The summed E-state index contributed by atoms with van der Waals surface area (Å²) in [4.78, 5) is 15.6. The van der Waals surface area contributed by atoms with Crippen LogP contribution in [0.5, 0.6) is 0 Å². The van der Waals surface area contributed by atoms with Crippen LogP contribution in [0.2, 0.25) is 5.02 Å². The molecule has 1 aliphatic carbocycles. The van der Waals surface area contributed by atoms with E-state index in [1.165, 1.54) is 11.3 Å². The Bertz CT molecular complexity index is 1270. The van der Waals surface area contributed by atoms with Crippen molar-refractivity contribution in [1.82, 2.24) is 34.5 Å². The molecular weight excluding hydrogens is 438 g/mol. The van der Waals surface area contributed by atoms with Crippen LogP contribution in [-0.2, 0) is 20.0 Å². The first-order valence-electron chi connectivity index (χ1n) is 11.1. The number of hydrogen-bond donors (Lipinski definition) is 1. The molecular formula is C23H24ClN9. The lowest BCUT2D eigenvalue weighted by Crippen LogP contribution is -2.27. The Morgan fingerprint density at radius 3 is 2.39 bits per heavy atom. The molecule has 1 saturated heterocycles. The van der Waals surface area contributed by atoms with Gasteiger partial charge in [-0.1, -0.05) is 28.9 Å². The van der Waals surface area contributed by atoms with Crippen LogP contribution in [0.1, 0.15) is 17.2 Å². The number of piperidine rings is 1. The van der Waals surface area contributed by atoms with Gasteiger partial charge in [-0.15, -0.1) is 5.10 Å². The van der Waals surface area contributed by atoms with E-state index >= 15 is 0 Å². The maximum atomic E-state index is 6.06. The molecule has 9 nitrogen and oxygen atoms in total. The second kappa shape index (κ2) is 7.84. The lowest BCUT2D eigenvalue weighted by atomic mass is 10.1. The smallest absolute Gasteiger partial charge is 0.219 e. The fourth-order valence-corrected chi connectivity index (χ4v) is 5.29. The molecule has 4 aromatic rings. The van der Waals surface area contributed by atoms with Gasteiger partial charge in [-0.3, -0.25) is 4.68 Å². The SMILES string of the molecule is Cn1nncc1C1C2CN(c3cnc(-c4cnc(N)nc4)n3CCc3ccc(Cl)cc3)CC21. The monoisotopic (exact) mass is 461 g/mol. The Kier molecular flexibility index (Phi) is 4.79. The number of aromatic nitrogens is 7. The minimum atomic E-state index is 0.258. The van der Waals surface area contributed by atoms with Crippen molar-refractivity contribution in [3.05, 3.63) is 65.3 Å². The largest absolute Gasteiger partial charge is 0.368 e. The Morgan fingerprint density at radius 1 is 1.00 bits per heavy atom. The van der Waals surface area contributed by atoms with Gasteiger partial charge >= 0.3 is 0 Å². The molecule has 4 heterocycles. The van der Waals surface area contributed by atoms with Crippen molar-refractivity contribution in [3.8, 4) is 11.4 Å². The summed E-state index contributed by atoms with van der Waals surface area (Å²) < 4.78 is 4.18. The standard InChI is InChI=1S/C23H24ClN9/c1-31-19(10-29-30-31)21-17-12-32(13-18(17)21)20-11-26-22(15-8-27-23(25)28-9-15)33(20)7-6-14-2-4-16(24)5-3-14/h2-5,8-11,17-18,21H,6-7,12-13H2,1H3,(H2,25,27,28). The van der Waals surface area contributed by atoms with Crippen molar-refractivity contribution < 1.29 is 0 Å². The van der Waals surface area contributed by atoms with E-state index in [2.05, 4.69) is 41.9 Å². The van der Waals surface area contributed by atoms with Crippen LogP contribution >= 0.6 is 11.6 Å². The minimum Gasteiger partial charge on any atom is -0.368 e. The predicted molar refractivity (Wildman–Crippen MR) is 126 cm³/mol.